The van der Waals surface area contributed by atoms with Crippen molar-refractivity contribution in [3.63, 3.8) is 0 Å². The van der Waals surface area contributed by atoms with Gasteiger partial charge in [-0.2, -0.15) is 5.10 Å². The first kappa shape index (κ1) is 23.7. The fraction of sp³-hybridized carbons (Fsp3) is 0.185. The quantitative estimate of drug-likeness (QED) is 0.351. The standard InChI is InChI=1S/C25H22FN3O2.C2H6/c26-23-12-10-21(11-13-23)24(16-27-25(30)31-17-18-4-2-1-3-5-18)20-8-6-19(7-9-20)22-14-28-29-15-22;1-2/h1-15,24H,16-17H2,(H,27,30)(H,28,29);1-2H3. The summed E-state index contributed by atoms with van der Waals surface area (Å²) in [5, 5.41) is 9.62. The van der Waals surface area contributed by atoms with Gasteiger partial charge < -0.3 is 10.1 Å². The zero-order valence-electron chi connectivity index (χ0n) is 18.8. The molecule has 170 valence electrons. The Bertz CT molecular complexity index is 1100. The maximum absolute atomic E-state index is 13.4. The van der Waals surface area contributed by atoms with E-state index in [1.165, 1.54) is 12.1 Å². The first-order chi connectivity index (χ1) is 16.2. The Hall–Kier alpha value is -3.93. The number of nitrogens with one attached hydrogen (secondary N) is 2. The number of alkyl carbamates (subject to hydrolysis) is 1. The molecule has 0 bridgehead atoms. The fourth-order valence-corrected chi connectivity index (χ4v) is 3.40. The highest BCUT2D eigenvalue weighted by molar-refractivity contribution is 5.67. The molecule has 0 saturated heterocycles. The summed E-state index contributed by atoms with van der Waals surface area (Å²) in [6.45, 7) is 4.53. The van der Waals surface area contributed by atoms with Crippen LogP contribution in [0.4, 0.5) is 9.18 Å². The van der Waals surface area contributed by atoms with Crippen LogP contribution in [0.25, 0.3) is 11.1 Å². The van der Waals surface area contributed by atoms with Gasteiger partial charge in [-0.25, -0.2) is 9.18 Å². The Labute approximate surface area is 193 Å². The molecule has 1 amide bonds. The van der Waals surface area contributed by atoms with Crippen LogP contribution in [0.15, 0.2) is 91.3 Å². The van der Waals surface area contributed by atoms with Crippen molar-refractivity contribution in [2.45, 2.75) is 26.4 Å². The number of carbonyl (C=O) groups is 1. The summed E-state index contributed by atoms with van der Waals surface area (Å²) in [5.41, 5.74) is 4.85. The molecular weight excluding hydrogens is 417 g/mol. The van der Waals surface area contributed by atoms with Gasteiger partial charge in [0.25, 0.3) is 0 Å². The molecule has 1 atom stereocenters. The predicted octanol–water partition coefficient (Wildman–Crippen LogP) is 6.30. The molecule has 5 nitrogen and oxygen atoms in total. The highest BCUT2D eigenvalue weighted by atomic mass is 19.1. The van der Waals surface area contributed by atoms with Crippen LogP contribution in [-0.2, 0) is 11.3 Å². The van der Waals surface area contributed by atoms with Crippen molar-refractivity contribution in [2.24, 2.45) is 0 Å². The minimum atomic E-state index is -0.494. The van der Waals surface area contributed by atoms with Gasteiger partial charge in [-0.3, -0.25) is 5.10 Å². The Morgan fingerprint density at radius 1 is 0.939 bits per heavy atom. The molecule has 0 aliphatic carbocycles. The van der Waals surface area contributed by atoms with Crippen LogP contribution in [0.5, 0.6) is 0 Å². The summed E-state index contributed by atoms with van der Waals surface area (Å²) in [4.78, 5) is 12.2. The monoisotopic (exact) mass is 445 g/mol. The van der Waals surface area contributed by atoms with E-state index in [9.17, 15) is 9.18 Å². The molecule has 0 fully saturated rings. The van der Waals surface area contributed by atoms with Crippen molar-refractivity contribution >= 4 is 6.09 Å². The lowest BCUT2D eigenvalue weighted by molar-refractivity contribution is 0.139. The summed E-state index contributed by atoms with van der Waals surface area (Å²) in [5.74, 6) is -0.448. The highest BCUT2D eigenvalue weighted by Gasteiger charge is 2.17. The zero-order valence-corrected chi connectivity index (χ0v) is 18.8. The van der Waals surface area contributed by atoms with Gasteiger partial charge in [0.05, 0.1) is 6.20 Å². The van der Waals surface area contributed by atoms with Crippen molar-refractivity contribution < 1.29 is 13.9 Å². The van der Waals surface area contributed by atoms with E-state index in [1.54, 1.807) is 18.3 Å². The smallest absolute Gasteiger partial charge is 0.407 e. The van der Waals surface area contributed by atoms with Crippen LogP contribution in [-0.4, -0.2) is 22.8 Å². The normalized spacial score (nSPS) is 11.1. The van der Waals surface area contributed by atoms with Gasteiger partial charge in [0.15, 0.2) is 0 Å². The molecule has 0 spiro atoms. The number of benzene rings is 3. The molecular formula is C27H28FN3O2. The summed E-state index contributed by atoms with van der Waals surface area (Å²) in [7, 11) is 0. The van der Waals surface area contributed by atoms with E-state index >= 15 is 0 Å². The lowest BCUT2D eigenvalue weighted by Gasteiger charge is -2.19. The maximum Gasteiger partial charge on any atom is 0.407 e. The van der Waals surface area contributed by atoms with Crippen LogP contribution in [0.1, 0.15) is 36.5 Å². The molecule has 0 aliphatic heterocycles. The number of hydrogen-bond donors (Lipinski definition) is 2. The zero-order chi connectivity index (χ0) is 23.5. The molecule has 33 heavy (non-hydrogen) atoms. The van der Waals surface area contributed by atoms with Gasteiger partial charge in [-0.15, -0.1) is 0 Å². The van der Waals surface area contributed by atoms with Crippen LogP contribution in [0.3, 0.4) is 0 Å². The number of rotatable bonds is 7. The highest BCUT2D eigenvalue weighted by Crippen LogP contribution is 2.27. The molecule has 0 radical (unpaired) electrons. The van der Waals surface area contributed by atoms with Gasteiger partial charge in [0.2, 0.25) is 0 Å². The molecule has 1 unspecified atom stereocenters. The van der Waals surface area contributed by atoms with Crippen LogP contribution in [0, 0.1) is 5.82 Å². The van der Waals surface area contributed by atoms with E-state index in [1.807, 2.05) is 74.6 Å². The Balaban J connectivity index is 0.00000149. The second-order valence-corrected chi connectivity index (χ2v) is 7.16. The number of H-pyrrole nitrogens is 1. The third kappa shape index (κ3) is 6.77. The number of nitrogens with zero attached hydrogens (tertiary/aromatic N) is 1. The molecule has 4 rings (SSSR count). The van der Waals surface area contributed by atoms with Gasteiger partial charge in [0.1, 0.15) is 12.4 Å². The van der Waals surface area contributed by atoms with E-state index in [0.29, 0.717) is 6.54 Å². The second-order valence-electron chi connectivity index (χ2n) is 7.16. The van der Waals surface area contributed by atoms with Crippen molar-refractivity contribution in [1.29, 1.82) is 0 Å². The Morgan fingerprint density at radius 3 is 2.18 bits per heavy atom. The van der Waals surface area contributed by atoms with E-state index in [0.717, 1.165) is 27.8 Å². The van der Waals surface area contributed by atoms with Crippen LogP contribution >= 0.6 is 0 Å². The molecule has 1 aromatic heterocycles. The van der Waals surface area contributed by atoms with Crippen molar-refractivity contribution in [1.82, 2.24) is 15.5 Å². The molecule has 2 N–H and O–H groups in total. The van der Waals surface area contributed by atoms with Gasteiger partial charge in [0, 0.05) is 24.2 Å². The lowest BCUT2D eigenvalue weighted by atomic mass is 9.90. The molecule has 0 saturated carbocycles. The SMILES string of the molecule is CC.O=C(NCC(c1ccc(F)cc1)c1ccc(-c2cn[nH]c2)cc1)OCc1ccccc1. The number of hydrogen-bond acceptors (Lipinski definition) is 3. The second kappa shape index (κ2) is 12.2. The molecule has 3 aromatic carbocycles. The molecule has 1 heterocycles. The summed E-state index contributed by atoms with van der Waals surface area (Å²) in [6.07, 6.45) is 3.10. The number of aromatic amines is 1. The lowest BCUT2D eigenvalue weighted by Crippen LogP contribution is -2.29. The number of ether oxygens (including phenoxy) is 1. The largest absolute Gasteiger partial charge is 0.445 e. The third-order valence-corrected chi connectivity index (χ3v) is 5.08. The van der Waals surface area contributed by atoms with E-state index in [2.05, 4.69) is 15.5 Å². The maximum atomic E-state index is 13.4. The van der Waals surface area contributed by atoms with Crippen molar-refractivity contribution in [2.75, 3.05) is 6.54 Å². The Morgan fingerprint density at radius 2 is 1.58 bits per heavy atom. The molecule has 0 aliphatic rings. The van der Waals surface area contributed by atoms with Crippen LogP contribution < -0.4 is 5.32 Å². The average Bonchev–Trinajstić information content (AvgIpc) is 3.41. The van der Waals surface area contributed by atoms with Gasteiger partial charge >= 0.3 is 6.09 Å². The summed E-state index contributed by atoms with van der Waals surface area (Å²) < 4.78 is 18.8. The fourth-order valence-electron chi connectivity index (χ4n) is 3.40. The van der Waals surface area contributed by atoms with Crippen LogP contribution in [0.2, 0.25) is 0 Å². The predicted molar refractivity (Wildman–Crippen MR) is 128 cm³/mol. The summed E-state index contributed by atoms with van der Waals surface area (Å²) in [6, 6.07) is 23.9. The van der Waals surface area contributed by atoms with Crippen molar-refractivity contribution in [3.8, 4) is 11.1 Å². The topological polar surface area (TPSA) is 67.0 Å². The number of aromatic nitrogens is 2. The molecule has 4 aromatic rings. The van der Waals surface area contributed by atoms with E-state index in [-0.39, 0.29) is 18.3 Å². The number of carbonyl (C=O) groups excluding carboxylic acids is 1. The van der Waals surface area contributed by atoms with E-state index < -0.39 is 6.09 Å². The average molecular weight is 446 g/mol. The number of halogens is 1. The van der Waals surface area contributed by atoms with Gasteiger partial charge in [-0.05, 0) is 34.4 Å². The van der Waals surface area contributed by atoms with E-state index in [4.69, 9.17) is 4.74 Å². The first-order valence-corrected chi connectivity index (χ1v) is 11.0. The molecule has 6 heteroatoms. The third-order valence-electron chi connectivity index (χ3n) is 5.08. The minimum Gasteiger partial charge on any atom is -0.445 e. The first-order valence-electron chi connectivity index (χ1n) is 11.0. The Kier molecular flexibility index (Phi) is 8.77. The number of amides is 1. The minimum absolute atomic E-state index is 0.150. The summed E-state index contributed by atoms with van der Waals surface area (Å²) >= 11 is 0. The van der Waals surface area contributed by atoms with Gasteiger partial charge in [-0.1, -0.05) is 80.6 Å². The van der Waals surface area contributed by atoms with Crippen molar-refractivity contribution in [3.05, 3.63) is 114 Å².